The molecule has 0 aromatic heterocycles. The lowest BCUT2D eigenvalue weighted by Crippen LogP contribution is -2.18. The zero-order chi connectivity index (χ0) is 17.6. The van der Waals surface area contributed by atoms with E-state index in [0.717, 1.165) is 18.2 Å². The van der Waals surface area contributed by atoms with Gasteiger partial charge >= 0.3 is 13.5 Å². The summed E-state index contributed by atoms with van der Waals surface area (Å²) in [4.78, 5) is 36.7. The summed E-state index contributed by atoms with van der Waals surface area (Å²) in [6.07, 6.45) is -1.39. The predicted octanol–water partition coefficient (Wildman–Crippen LogP) is 0.742. The summed E-state index contributed by atoms with van der Waals surface area (Å²) >= 11 is 0. The van der Waals surface area contributed by atoms with E-state index in [9.17, 15) is 29.9 Å². The Balaban J connectivity index is 2.62. The number of nitrogens with zero attached hydrogens (tertiary/aromatic N) is 2. The summed E-state index contributed by atoms with van der Waals surface area (Å²) in [5, 5.41) is 30.8. The first-order valence-electron chi connectivity index (χ1n) is 6.04. The number of aliphatic hydroxyl groups is 1. The maximum Gasteiger partial charge on any atom is 0.469 e. The first kappa shape index (κ1) is 18.9. The number of phosphoric ester groups is 1. The van der Waals surface area contributed by atoms with Crippen LogP contribution in [-0.2, 0) is 9.09 Å². The summed E-state index contributed by atoms with van der Waals surface area (Å²) < 4.78 is 19.6. The molecule has 1 atom stereocenters. The van der Waals surface area contributed by atoms with Gasteiger partial charge in [-0.15, -0.1) is 0 Å². The topological polar surface area (TPSA) is 182 Å². The van der Waals surface area contributed by atoms with E-state index in [4.69, 9.17) is 14.5 Å². The van der Waals surface area contributed by atoms with E-state index in [1.165, 1.54) is 0 Å². The number of rotatable bonds is 9. The lowest BCUT2D eigenvalue weighted by molar-refractivity contribution is -0.394. The SMILES string of the molecule is O=[N+]([O-])c1ccc(OCCC(O)COP(=O)(O)O)c([N+](=O)[O-])c1. The Labute approximate surface area is 128 Å². The van der Waals surface area contributed by atoms with Gasteiger partial charge in [0.05, 0.1) is 35.2 Å². The largest absolute Gasteiger partial charge is 0.487 e. The fourth-order valence-corrected chi connectivity index (χ4v) is 1.82. The highest BCUT2D eigenvalue weighted by molar-refractivity contribution is 7.46. The highest BCUT2D eigenvalue weighted by atomic mass is 31.2. The molecule has 128 valence electrons. The number of hydrogen-bond donors (Lipinski definition) is 3. The summed E-state index contributed by atoms with van der Waals surface area (Å²) in [7, 11) is -4.70. The molecule has 0 bridgehead atoms. The Kier molecular flexibility index (Phi) is 6.54. The van der Waals surface area contributed by atoms with Crippen molar-refractivity contribution >= 4 is 19.2 Å². The minimum absolute atomic E-state index is 0.131. The third kappa shape index (κ3) is 6.67. The molecule has 0 aliphatic heterocycles. The van der Waals surface area contributed by atoms with Crippen LogP contribution in [0.5, 0.6) is 5.75 Å². The number of non-ortho nitro benzene ring substituents is 1. The van der Waals surface area contributed by atoms with Gasteiger partial charge in [-0.2, -0.15) is 0 Å². The molecule has 0 heterocycles. The van der Waals surface area contributed by atoms with E-state index >= 15 is 0 Å². The number of phosphoric acid groups is 1. The molecule has 0 radical (unpaired) electrons. The third-order valence-electron chi connectivity index (χ3n) is 2.49. The van der Waals surface area contributed by atoms with Gasteiger partial charge in [-0.3, -0.25) is 24.8 Å². The molecule has 1 aromatic carbocycles. The highest BCUT2D eigenvalue weighted by Crippen LogP contribution is 2.36. The Morgan fingerprint density at radius 2 is 1.87 bits per heavy atom. The van der Waals surface area contributed by atoms with E-state index < -0.39 is 41.8 Å². The van der Waals surface area contributed by atoms with Crippen LogP contribution in [0.3, 0.4) is 0 Å². The van der Waals surface area contributed by atoms with Crippen LogP contribution in [-0.4, -0.2) is 44.1 Å². The summed E-state index contributed by atoms with van der Waals surface area (Å²) in [6.45, 7) is -0.875. The van der Waals surface area contributed by atoms with Crippen molar-refractivity contribution in [3.63, 3.8) is 0 Å². The number of aliphatic hydroxyl groups excluding tert-OH is 1. The molecule has 1 rings (SSSR count). The summed E-state index contributed by atoms with van der Waals surface area (Å²) in [5.41, 5.74) is -1.08. The monoisotopic (exact) mass is 352 g/mol. The minimum Gasteiger partial charge on any atom is -0.487 e. The van der Waals surface area contributed by atoms with E-state index in [0.29, 0.717) is 0 Å². The van der Waals surface area contributed by atoms with Gasteiger partial charge < -0.3 is 19.6 Å². The second-order valence-corrected chi connectivity index (χ2v) is 5.48. The van der Waals surface area contributed by atoms with Gasteiger partial charge in [-0.1, -0.05) is 0 Å². The quantitative estimate of drug-likeness (QED) is 0.325. The molecule has 1 aromatic rings. The zero-order valence-electron chi connectivity index (χ0n) is 11.5. The van der Waals surface area contributed by atoms with Gasteiger partial charge in [0.2, 0.25) is 0 Å². The molecule has 0 aliphatic carbocycles. The molecular weight excluding hydrogens is 339 g/mol. The van der Waals surface area contributed by atoms with Crippen LogP contribution < -0.4 is 4.74 Å². The van der Waals surface area contributed by atoms with Gasteiger partial charge in [-0.25, -0.2) is 4.57 Å². The van der Waals surface area contributed by atoms with Crippen molar-refractivity contribution in [3.05, 3.63) is 38.4 Å². The predicted molar refractivity (Wildman–Crippen MR) is 73.9 cm³/mol. The maximum absolute atomic E-state index is 10.9. The standard InChI is InChI=1S/C10H13N2O10P/c13-8(6-22-23(18,19)20)3-4-21-10-2-1-7(11(14)15)5-9(10)12(16)17/h1-2,5,8,13H,3-4,6H2,(H2,18,19,20). The van der Waals surface area contributed by atoms with E-state index in [2.05, 4.69) is 4.52 Å². The zero-order valence-corrected chi connectivity index (χ0v) is 12.4. The number of hydrogen-bond acceptors (Lipinski definition) is 8. The lowest BCUT2D eigenvalue weighted by atomic mass is 10.2. The molecule has 0 saturated heterocycles. The average molecular weight is 352 g/mol. The van der Waals surface area contributed by atoms with Crippen molar-refractivity contribution in [1.29, 1.82) is 0 Å². The second kappa shape index (κ2) is 7.94. The molecule has 0 fully saturated rings. The van der Waals surface area contributed by atoms with Crippen molar-refractivity contribution < 1.29 is 38.6 Å². The first-order valence-corrected chi connectivity index (χ1v) is 7.57. The van der Waals surface area contributed by atoms with E-state index in [1.54, 1.807) is 0 Å². The fourth-order valence-electron chi connectivity index (χ4n) is 1.46. The van der Waals surface area contributed by atoms with E-state index in [-0.39, 0.29) is 18.8 Å². The second-order valence-electron chi connectivity index (χ2n) is 4.24. The van der Waals surface area contributed by atoms with Crippen LogP contribution in [0.25, 0.3) is 0 Å². The first-order chi connectivity index (χ1) is 10.6. The van der Waals surface area contributed by atoms with Gasteiger partial charge in [0.15, 0.2) is 5.75 Å². The van der Waals surface area contributed by atoms with Crippen molar-refractivity contribution in [2.24, 2.45) is 0 Å². The highest BCUT2D eigenvalue weighted by Gasteiger charge is 2.21. The normalized spacial score (nSPS) is 12.7. The number of nitro benzene ring substituents is 2. The fraction of sp³-hybridized carbons (Fsp3) is 0.400. The Morgan fingerprint density at radius 1 is 1.22 bits per heavy atom. The maximum atomic E-state index is 10.9. The Bertz CT molecular complexity index is 630. The average Bonchev–Trinajstić information content (AvgIpc) is 2.44. The molecule has 23 heavy (non-hydrogen) atoms. The van der Waals surface area contributed by atoms with Crippen LogP contribution in [0.15, 0.2) is 18.2 Å². The minimum atomic E-state index is -4.70. The summed E-state index contributed by atoms with van der Waals surface area (Å²) in [5.74, 6) is -0.233. The molecule has 0 amide bonds. The molecule has 12 nitrogen and oxygen atoms in total. The van der Waals surface area contributed by atoms with E-state index in [1.807, 2.05) is 0 Å². The summed E-state index contributed by atoms with van der Waals surface area (Å²) in [6, 6.07) is 2.81. The number of benzene rings is 1. The Hall–Kier alpha value is -2.11. The molecule has 0 saturated carbocycles. The van der Waals surface area contributed by atoms with Crippen LogP contribution in [0, 0.1) is 20.2 Å². The van der Waals surface area contributed by atoms with Gasteiger partial charge in [0, 0.05) is 12.5 Å². The van der Waals surface area contributed by atoms with Crippen LogP contribution in [0.4, 0.5) is 11.4 Å². The van der Waals surface area contributed by atoms with Crippen molar-refractivity contribution in [1.82, 2.24) is 0 Å². The number of nitro groups is 2. The molecule has 0 aliphatic rings. The molecule has 0 spiro atoms. The molecule has 1 unspecified atom stereocenters. The molecular formula is C10H13N2O10P. The van der Waals surface area contributed by atoms with Gasteiger partial charge in [0.1, 0.15) is 0 Å². The van der Waals surface area contributed by atoms with Crippen LogP contribution >= 0.6 is 7.82 Å². The number of ether oxygens (including phenoxy) is 1. The van der Waals surface area contributed by atoms with Crippen LogP contribution in [0.1, 0.15) is 6.42 Å². The Morgan fingerprint density at radius 3 is 2.39 bits per heavy atom. The van der Waals surface area contributed by atoms with Crippen molar-refractivity contribution in [2.45, 2.75) is 12.5 Å². The smallest absolute Gasteiger partial charge is 0.469 e. The lowest BCUT2D eigenvalue weighted by Gasteiger charge is -2.12. The van der Waals surface area contributed by atoms with Crippen molar-refractivity contribution in [3.8, 4) is 5.75 Å². The third-order valence-corrected chi connectivity index (χ3v) is 2.98. The molecule has 13 heteroatoms. The molecule has 3 N–H and O–H groups in total. The van der Waals surface area contributed by atoms with Gasteiger partial charge in [0.25, 0.3) is 5.69 Å². The van der Waals surface area contributed by atoms with Gasteiger partial charge in [-0.05, 0) is 6.07 Å². The van der Waals surface area contributed by atoms with Crippen molar-refractivity contribution in [2.75, 3.05) is 13.2 Å². The van der Waals surface area contributed by atoms with Crippen LogP contribution in [0.2, 0.25) is 0 Å².